The van der Waals surface area contributed by atoms with Gasteiger partial charge in [-0.1, -0.05) is 18.2 Å². The SMILES string of the molecule is Cc1ccc(C)c(NS(=O)(=O)c2ccc(NS(=O)(=O)c3cccs3)cc2)c1. The number of sulfonamides is 2. The van der Waals surface area contributed by atoms with Crippen molar-refractivity contribution in [1.82, 2.24) is 0 Å². The molecule has 9 heteroatoms. The maximum atomic E-state index is 12.6. The third-order valence-corrected chi connectivity index (χ3v) is 7.97. The average molecular weight is 423 g/mol. The van der Waals surface area contributed by atoms with Gasteiger partial charge in [0.2, 0.25) is 0 Å². The van der Waals surface area contributed by atoms with Gasteiger partial charge in [-0.05, 0) is 66.8 Å². The van der Waals surface area contributed by atoms with E-state index in [-0.39, 0.29) is 14.8 Å². The Hall–Kier alpha value is -2.36. The van der Waals surface area contributed by atoms with Gasteiger partial charge in [-0.25, -0.2) is 16.8 Å². The molecule has 27 heavy (non-hydrogen) atoms. The third-order valence-electron chi connectivity index (χ3n) is 3.81. The minimum Gasteiger partial charge on any atom is -0.279 e. The Morgan fingerprint density at radius 2 is 1.52 bits per heavy atom. The van der Waals surface area contributed by atoms with Gasteiger partial charge >= 0.3 is 0 Å². The Labute approximate surface area is 163 Å². The molecule has 0 bridgehead atoms. The lowest BCUT2D eigenvalue weighted by molar-refractivity contribution is 0.600. The molecule has 0 unspecified atom stereocenters. The summed E-state index contributed by atoms with van der Waals surface area (Å²) in [5.74, 6) is 0. The Balaban J connectivity index is 1.81. The molecule has 0 saturated heterocycles. The number of rotatable bonds is 6. The highest BCUT2D eigenvalue weighted by molar-refractivity contribution is 7.94. The number of aryl methyl sites for hydroxylation is 2. The van der Waals surface area contributed by atoms with Crippen LogP contribution in [0.2, 0.25) is 0 Å². The van der Waals surface area contributed by atoms with E-state index in [4.69, 9.17) is 0 Å². The van der Waals surface area contributed by atoms with Crippen molar-refractivity contribution in [2.45, 2.75) is 23.0 Å². The zero-order valence-electron chi connectivity index (χ0n) is 14.6. The zero-order chi connectivity index (χ0) is 19.7. The Bertz CT molecular complexity index is 1150. The molecular weight excluding hydrogens is 404 g/mol. The molecule has 0 amide bonds. The Kier molecular flexibility index (Phi) is 5.27. The van der Waals surface area contributed by atoms with Crippen molar-refractivity contribution in [2.75, 3.05) is 9.44 Å². The van der Waals surface area contributed by atoms with Gasteiger partial charge in [-0.3, -0.25) is 9.44 Å². The van der Waals surface area contributed by atoms with Crippen molar-refractivity contribution in [3.05, 3.63) is 71.1 Å². The van der Waals surface area contributed by atoms with Crippen LogP contribution in [0.4, 0.5) is 11.4 Å². The highest BCUT2D eigenvalue weighted by Crippen LogP contribution is 2.24. The molecular formula is C18H18N2O4S3. The van der Waals surface area contributed by atoms with Crippen molar-refractivity contribution < 1.29 is 16.8 Å². The molecule has 0 aliphatic carbocycles. The average Bonchev–Trinajstić information content (AvgIpc) is 3.14. The van der Waals surface area contributed by atoms with Gasteiger partial charge in [0.15, 0.2) is 0 Å². The molecule has 3 aromatic rings. The monoisotopic (exact) mass is 422 g/mol. The van der Waals surface area contributed by atoms with Crippen molar-refractivity contribution in [3.63, 3.8) is 0 Å². The lowest BCUT2D eigenvalue weighted by atomic mass is 10.1. The summed E-state index contributed by atoms with van der Waals surface area (Å²) < 4.78 is 54.8. The highest BCUT2D eigenvalue weighted by atomic mass is 32.2. The van der Waals surface area contributed by atoms with Gasteiger partial charge in [0.25, 0.3) is 20.0 Å². The second-order valence-electron chi connectivity index (χ2n) is 5.99. The number of nitrogens with one attached hydrogen (secondary N) is 2. The predicted molar refractivity (Wildman–Crippen MR) is 108 cm³/mol. The van der Waals surface area contributed by atoms with E-state index in [2.05, 4.69) is 9.44 Å². The molecule has 0 spiro atoms. The summed E-state index contributed by atoms with van der Waals surface area (Å²) in [6.07, 6.45) is 0. The van der Waals surface area contributed by atoms with Crippen molar-refractivity contribution >= 4 is 42.8 Å². The predicted octanol–water partition coefficient (Wildman–Crippen LogP) is 3.97. The molecule has 2 N–H and O–H groups in total. The topological polar surface area (TPSA) is 92.3 Å². The zero-order valence-corrected chi connectivity index (χ0v) is 17.1. The second-order valence-corrected chi connectivity index (χ2v) is 10.5. The summed E-state index contributed by atoms with van der Waals surface area (Å²) in [5.41, 5.74) is 2.55. The standard InChI is InChI=1S/C18H18N2O4S3/c1-13-5-6-14(2)17(12-13)20-26(21,22)16-9-7-15(8-10-16)19-27(23,24)18-4-3-11-25-18/h3-12,19-20H,1-2H3. The van der Waals surface area contributed by atoms with Gasteiger partial charge < -0.3 is 0 Å². The molecule has 0 radical (unpaired) electrons. The fourth-order valence-electron chi connectivity index (χ4n) is 2.37. The summed E-state index contributed by atoms with van der Waals surface area (Å²) in [6.45, 7) is 3.70. The van der Waals surface area contributed by atoms with E-state index in [9.17, 15) is 16.8 Å². The van der Waals surface area contributed by atoms with Gasteiger partial charge in [0, 0.05) is 5.69 Å². The van der Waals surface area contributed by atoms with Crippen LogP contribution < -0.4 is 9.44 Å². The molecule has 0 fully saturated rings. The van der Waals surface area contributed by atoms with Gasteiger partial charge in [0.05, 0.1) is 10.6 Å². The normalized spacial score (nSPS) is 11.9. The van der Waals surface area contributed by atoms with Crippen LogP contribution in [-0.4, -0.2) is 16.8 Å². The van der Waals surface area contributed by atoms with Crippen LogP contribution in [0.3, 0.4) is 0 Å². The molecule has 0 aliphatic heterocycles. The summed E-state index contributed by atoms with van der Waals surface area (Å²) in [4.78, 5) is 0.0440. The van der Waals surface area contributed by atoms with Crippen molar-refractivity contribution in [3.8, 4) is 0 Å². The molecule has 2 aromatic carbocycles. The molecule has 1 aromatic heterocycles. The minimum absolute atomic E-state index is 0.0440. The fourth-order valence-corrected chi connectivity index (χ4v) is 5.55. The first-order chi connectivity index (χ1) is 12.7. The number of thiophene rings is 1. The first kappa shape index (κ1) is 19.4. The van der Waals surface area contributed by atoms with Crippen LogP contribution in [0.1, 0.15) is 11.1 Å². The Morgan fingerprint density at radius 3 is 2.15 bits per heavy atom. The number of hydrogen-bond donors (Lipinski definition) is 2. The largest absolute Gasteiger partial charge is 0.279 e. The maximum Gasteiger partial charge on any atom is 0.271 e. The van der Waals surface area contributed by atoms with E-state index in [0.29, 0.717) is 5.69 Å². The van der Waals surface area contributed by atoms with Gasteiger partial charge in [0.1, 0.15) is 4.21 Å². The van der Waals surface area contributed by atoms with Crippen LogP contribution in [0.15, 0.2) is 69.1 Å². The minimum atomic E-state index is -3.78. The number of anilines is 2. The molecule has 0 saturated carbocycles. The smallest absolute Gasteiger partial charge is 0.271 e. The quantitative estimate of drug-likeness (QED) is 0.629. The van der Waals surface area contributed by atoms with Crippen molar-refractivity contribution in [1.29, 1.82) is 0 Å². The molecule has 142 valence electrons. The molecule has 1 heterocycles. The van der Waals surface area contributed by atoms with Crippen LogP contribution >= 0.6 is 11.3 Å². The lowest BCUT2D eigenvalue weighted by Gasteiger charge is -2.12. The fraction of sp³-hybridized carbons (Fsp3) is 0.111. The summed E-state index contributed by atoms with van der Waals surface area (Å²) in [6, 6.07) is 14.2. The molecule has 0 aliphatic rings. The van der Waals surface area contributed by atoms with Crippen LogP contribution in [0, 0.1) is 13.8 Å². The van der Waals surface area contributed by atoms with Crippen LogP contribution in [-0.2, 0) is 20.0 Å². The van der Waals surface area contributed by atoms with Crippen LogP contribution in [0.25, 0.3) is 0 Å². The van der Waals surface area contributed by atoms with E-state index >= 15 is 0 Å². The van der Waals surface area contributed by atoms with E-state index < -0.39 is 20.0 Å². The first-order valence-corrected chi connectivity index (χ1v) is 11.8. The second kappa shape index (κ2) is 7.34. The first-order valence-electron chi connectivity index (χ1n) is 7.94. The molecule has 0 atom stereocenters. The maximum absolute atomic E-state index is 12.6. The van der Waals surface area contributed by atoms with Gasteiger partial charge in [-0.15, -0.1) is 11.3 Å². The third kappa shape index (κ3) is 4.49. The molecule has 6 nitrogen and oxygen atoms in total. The summed E-state index contributed by atoms with van der Waals surface area (Å²) in [5, 5.41) is 1.67. The highest BCUT2D eigenvalue weighted by Gasteiger charge is 2.18. The summed E-state index contributed by atoms with van der Waals surface area (Å²) in [7, 11) is -7.46. The Morgan fingerprint density at radius 1 is 0.815 bits per heavy atom. The summed E-state index contributed by atoms with van der Waals surface area (Å²) >= 11 is 1.10. The van der Waals surface area contributed by atoms with Crippen molar-refractivity contribution in [2.24, 2.45) is 0 Å². The van der Waals surface area contributed by atoms with Crippen LogP contribution in [0.5, 0.6) is 0 Å². The molecule has 3 rings (SSSR count). The van der Waals surface area contributed by atoms with E-state index in [1.807, 2.05) is 26.0 Å². The van der Waals surface area contributed by atoms with Gasteiger partial charge in [-0.2, -0.15) is 0 Å². The van der Waals surface area contributed by atoms with E-state index in [1.54, 1.807) is 17.5 Å². The number of benzene rings is 2. The lowest BCUT2D eigenvalue weighted by Crippen LogP contribution is -2.14. The van der Waals surface area contributed by atoms with E-state index in [0.717, 1.165) is 22.5 Å². The number of hydrogen-bond acceptors (Lipinski definition) is 5. The van der Waals surface area contributed by atoms with E-state index in [1.165, 1.54) is 30.3 Å².